The SMILES string of the molecule is CC(C)CC(N)CCc1ccc(Br)cc1. The molecule has 1 nitrogen and oxygen atoms in total. The quantitative estimate of drug-likeness (QED) is 0.866. The monoisotopic (exact) mass is 269 g/mol. The molecule has 0 spiro atoms. The number of halogens is 1. The van der Waals surface area contributed by atoms with Gasteiger partial charge in [-0.25, -0.2) is 0 Å². The third kappa shape index (κ3) is 5.33. The molecule has 2 heteroatoms. The number of hydrogen-bond acceptors (Lipinski definition) is 1. The van der Waals surface area contributed by atoms with E-state index in [4.69, 9.17) is 5.73 Å². The van der Waals surface area contributed by atoms with Crippen molar-refractivity contribution in [2.75, 3.05) is 0 Å². The maximum Gasteiger partial charge on any atom is 0.0175 e. The summed E-state index contributed by atoms with van der Waals surface area (Å²) in [5.41, 5.74) is 7.42. The number of hydrogen-bond donors (Lipinski definition) is 1. The van der Waals surface area contributed by atoms with Gasteiger partial charge in [-0.2, -0.15) is 0 Å². The summed E-state index contributed by atoms with van der Waals surface area (Å²) in [6.45, 7) is 4.44. The molecule has 1 aromatic carbocycles. The van der Waals surface area contributed by atoms with Gasteiger partial charge in [-0.15, -0.1) is 0 Å². The maximum absolute atomic E-state index is 6.04. The van der Waals surface area contributed by atoms with Crippen molar-refractivity contribution >= 4 is 15.9 Å². The summed E-state index contributed by atoms with van der Waals surface area (Å²) in [7, 11) is 0. The van der Waals surface area contributed by atoms with Crippen molar-refractivity contribution in [1.29, 1.82) is 0 Å². The summed E-state index contributed by atoms with van der Waals surface area (Å²) < 4.78 is 1.14. The first-order valence-corrected chi connectivity index (χ1v) is 6.37. The van der Waals surface area contributed by atoms with Gasteiger partial charge >= 0.3 is 0 Å². The Hall–Kier alpha value is -0.340. The Morgan fingerprint density at radius 3 is 2.33 bits per heavy atom. The normalized spacial score (nSPS) is 13.1. The number of rotatable bonds is 5. The molecule has 0 aromatic heterocycles. The lowest BCUT2D eigenvalue weighted by Crippen LogP contribution is -2.22. The molecule has 1 aromatic rings. The Balaban J connectivity index is 2.33. The van der Waals surface area contributed by atoms with Crippen LogP contribution in [0.3, 0.4) is 0 Å². The summed E-state index contributed by atoms with van der Waals surface area (Å²) in [5, 5.41) is 0. The third-order valence-electron chi connectivity index (χ3n) is 2.49. The highest BCUT2D eigenvalue weighted by atomic mass is 79.9. The van der Waals surface area contributed by atoms with Crippen LogP contribution in [0.1, 0.15) is 32.3 Å². The summed E-state index contributed by atoms with van der Waals surface area (Å²) >= 11 is 3.43. The first-order valence-electron chi connectivity index (χ1n) is 5.58. The molecular formula is C13H20BrN. The van der Waals surface area contributed by atoms with Gasteiger partial charge in [0.2, 0.25) is 0 Å². The number of benzene rings is 1. The van der Waals surface area contributed by atoms with Crippen LogP contribution in [0.15, 0.2) is 28.7 Å². The van der Waals surface area contributed by atoms with Crippen LogP contribution in [0.4, 0.5) is 0 Å². The topological polar surface area (TPSA) is 26.0 Å². The van der Waals surface area contributed by atoms with Gasteiger partial charge in [0.25, 0.3) is 0 Å². The van der Waals surface area contributed by atoms with Crippen LogP contribution in [0, 0.1) is 5.92 Å². The molecule has 0 saturated carbocycles. The molecule has 1 rings (SSSR count). The second-order valence-electron chi connectivity index (χ2n) is 4.55. The van der Waals surface area contributed by atoms with Crippen LogP contribution in [0.2, 0.25) is 0 Å². The van der Waals surface area contributed by atoms with Crippen molar-refractivity contribution in [3.8, 4) is 0 Å². The summed E-state index contributed by atoms with van der Waals surface area (Å²) in [5.74, 6) is 0.699. The van der Waals surface area contributed by atoms with Crippen molar-refractivity contribution in [3.05, 3.63) is 34.3 Å². The van der Waals surface area contributed by atoms with E-state index in [1.807, 2.05) is 0 Å². The molecule has 84 valence electrons. The van der Waals surface area contributed by atoms with E-state index in [0.29, 0.717) is 12.0 Å². The van der Waals surface area contributed by atoms with Crippen molar-refractivity contribution in [2.24, 2.45) is 11.7 Å². The van der Waals surface area contributed by atoms with Gasteiger partial charge in [0, 0.05) is 10.5 Å². The maximum atomic E-state index is 6.04. The molecule has 0 amide bonds. The van der Waals surface area contributed by atoms with Gasteiger partial charge in [-0.05, 0) is 42.9 Å². The number of nitrogens with two attached hydrogens (primary N) is 1. The van der Waals surface area contributed by atoms with E-state index in [9.17, 15) is 0 Å². The highest BCUT2D eigenvalue weighted by Gasteiger charge is 2.05. The van der Waals surface area contributed by atoms with Gasteiger partial charge < -0.3 is 5.73 Å². The third-order valence-corrected chi connectivity index (χ3v) is 3.02. The zero-order valence-corrected chi connectivity index (χ0v) is 11.1. The van der Waals surface area contributed by atoms with Crippen LogP contribution in [-0.4, -0.2) is 6.04 Å². The standard InChI is InChI=1S/C13H20BrN/c1-10(2)9-13(15)8-5-11-3-6-12(14)7-4-11/h3-4,6-7,10,13H,5,8-9,15H2,1-2H3. The molecule has 1 unspecified atom stereocenters. The highest BCUT2D eigenvalue weighted by molar-refractivity contribution is 9.10. The van der Waals surface area contributed by atoms with E-state index in [0.717, 1.165) is 23.7 Å². The zero-order valence-electron chi connectivity index (χ0n) is 9.54. The summed E-state index contributed by atoms with van der Waals surface area (Å²) in [6, 6.07) is 8.83. The zero-order chi connectivity index (χ0) is 11.3. The summed E-state index contributed by atoms with van der Waals surface area (Å²) in [4.78, 5) is 0. The van der Waals surface area contributed by atoms with E-state index >= 15 is 0 Å². The largest absolute Gasteiger partial charge is 0.328 e. The fourth-order valence-electron chi connectivity index (χ4n) is 1.73. The minimum absolute atomic E-state index is 0.341. The van der Waals surface area contributed by atoms with E-state index in [2.05, 4.69) is 54.0 Å². The first-order chi connectivity index (χ1) is 7.08. The second-order valence-corrected chi connectivity index (χ2v) is 5.47. The molecule has 2 N–H and O–H groups in total. The predicted octanol–water partition coefficient (Wildman–Crippen LogP) is 3.76. The van der Waals surface area contributed by atoms with Crippen LogP contribution in [0.25, 0.3) is 0 Å². The fraction of sp³-hybridized carbons (Fsp3) is 0.538. The van der Waals surface area contributed by atoms with Crippen LogP contribution in [0.5, 0.6) is 0 Å². The fourth-order valence-corrected chi connectivity index (χ4v) is 1.99. The molecule has 15 heavy (non-hydrogen) atoms. The number of aryl methyl sites for hydroxylation is 1. The van der Waals surface area contributed by atoms with Crippen LogP contribution < -0.4 is 5.73 Å². The Morgan fingerprint density at radius 2 is 1.80 bits per heavy atom. The van der Waals surface area contributed by atoms with Crippen LogP contribution >= 0.6 is 15.9 Å². The van der Waals surface area contributed by atoms with Gasteiger partial charge in [-0.3, -0.25) is 0 Å². The Labute approximate surface area is 101 Å². The lowest BCUT2D eigenvalue weighted by Gasteiger charge is -2.13. The van der Waals surface area contributed by atoms with E-state index in [1.165, 1.54) is 5.56 Å². The van der Waals surface area contributed by atoms with Crippen molar-refractivity contribution in [3.63, 3.8) is 0 Å². The molecule has 1 atom stereocenters. The molecular weight excluding hydrogens is 250 g/mol. The lowest BCUT2D eigenvalue weighted by molar-refractivity contribution is 0.473. The Kier molecular flexibility index (Phi) is 5.34. The molecule has 0 saturated heterocycles. The Bertz CT molecular complexity index is 279. The van der Waals surface area contributed by atoms with E-state index < -0.39 is 0 Å². The smallest absolute Gasteiger partial charge is 0.0175 e. The molecule has 0 aliphatic heterocycles. The predicted molar refractivity (Wildman–Crippen MR) is 69.9 cm³/mol. The average Bonchev–Trinajstić information content (AvgIpc) is 2.16. The molecule has 0 aliphatic carbocycles. The van der Waals surface area contributed by atoms with Gasteiger partial charge in [-0.1, -0.05) is 41.9 Å². The molecule has 0 radical (unpaired) electrons. The van der Waals surface area contributed by atoms with Crippen LogP contribution in [-0.2, 0) is 6.42 Å². The van der Waals surface area contributed by atoms with E-state index in [1.54, 1.807) is 0 Å². The molecule has 0 fully saturated rings. The molecule has 0 heterocycles. The minimum Gasteiger partial charge on any atom is -0.328 e. The van der Waals surface area contributed by atoms with Gasteiger partial charge in [0.15, 0.2) is 0 Å². The average molecular weight is 270 g/mol. The Morgan fingerprint density at radius 1 is 1.20 bits per heavy atom. The molecule has 0 aliphatic rings. The first kappa shape index (κ1) is 12.7. The van der Waals surface area contributed by atoms with Crippen molar-refractivity contribution in [1.82, 2.24) is 0 Å². The molecule has 0 bridgehead atoms. The van der Waals surface area contributed by atoms with Crippen molar-refractivity contribution in [2.45, 2.75) is 39.2 Å². The summed E-state index contributed by atoms with van der Waals surface area (Å²) in [6.07, 6.45) is 3.29. The second kappa shape index (κ2) is 6.29. The van der Waals surface area contributed by atoms with E-state index in [-0.39, 0.29) is 0 Å². The highest BCUT2D eigenvalue weighted by Crippen LogP contribution is 2.13. The minimum atomic E-state index is 0.341. The van der Waals surface area contributed by atoms with Gasteiger partial charge in [0.1, 0.15) is 0 Å². The lowest BCUT2D eigenvalue weighted by atomic mass is 9.98. The van der Waals surface area contributed by atoms with Crippen molar-refractivity contribution < 1.29 is 0 Å². The van der Waals surface area contributed by atoms with Gasteiger partial charge in [0.05, 0.1) is 0 Å².